The number of hydrogen-bond donors (Lipinski definition) is 2. The maximum Gasteiger partial charge on any atom is 0.119 e. The molecular formula is C20H29NO. The van der Waals surface area contributed by atoms with Crippen LogP contribution >= 0.6 is 0 Å². The molecule has 3 atom stereocenters. The van der Waals surface area contributed by atoms with Gasteiger partial charge in [-0.2, -0.15) is 0 Å². The van der Waals surface area contributed by atoms with E-state index in [0.717, 1.165) is 24.4 Å². The molecule has 0 amide bonds. The lowest BCUT2D eigenvalue weighted by Crippen LogP contribution is -2.59. The van der Waals surface area contributed by atoms with E-state index in [9.17, 15) is 5.11 Å². The number of benzene rings is 1. The molecule has 2 aliphatic carbocycles. The van der Waals surface area contributed by atoms with Gasteiger partial charge in [0.25, 0.3) is 0 Å². The third-order valence-corrected chi connectivity index (χ3v) is 6.57. The maximum atomic E-state index is 10.7. The van der Waals surface area contributed by atoms with Crippen molar-refractivity contribution in [2.24, 2.45) is 5.92 Å². The summed E-state index contributed by atoms with van der Waals surface area (Å²) >= 11 is 0. The third kappa shape index (κ3) is 1.96. The molecular weight excluding hydrogens is 270 g/mol. The minimum Gasteiger partial charge on any atom is -0.508 e. The Morgan fingerprint density at radius 1 is 1.18 bits per heavy atom. The number of hydrogen-bond acceptors (Lipinski definition) is 2. The van der Waals surface area contributed by atoms with Crippen LogP contribution < -0.4 is 5.32 Å². The lowest BCUT2D eigenvalue weighted by molar-refractivity contribution is 0.0794. The highest BCUT2D eigenvalue weighted by Gasteiger charge is 2.51. The summed E-state index contributed by atoms with van der Waals surface area (Å²) in [5.41, 5.74) is 4.44. The molecule has 2 nitrogen and oxygen atoms in total. The zero-order valence-corrected chi connectivity index (χ0v) is 14.2. The summed E-state index contributed by atoms with van der Waals surface area (Å²) in [6.07, 6.45) is 7.80. The molecule has 1 saturated heterocycles. The first-order chi connectivity index (χ1) is 10.4. The number of aromatic hydroxyl groups is 1. The molecule has 1 aliphatic heterocycles. The average Bonchev–Trinajstić information content (AvgIpc) is 2.46. The summed E-state index contributed by atoms with van der Waals surface area (Å²) in [7, 11) is 0. The number of nitrogens with one attached hydrogen (secondary N) is 1. The van der Waals surface area contributed by atoms with Crippen molar-refractivity contribution in [3.8, 4) is 5.75 Å². The van der Waals surface area contributed by atoms with E-state index in [2.05, 4.69) is 38.2 Å². The summed E-state index contributed by atoms with van der Waals surface area (Å²) < 4.78 is 0. The zero-order valence-electron chi connectivity index (χ0n) is 14.2. The van der Waals surface area contributed by atoms with Crippen molar-refractivity contribution in [3.63, 3.8) is 0 Å². The molecule has 1 aromatic rings. The fourth-order valence-electron chi connectivity index (χ4n) is 5.57. The van der Waals surface area contributed by atoms with Gasteiger partial charge in [0.05, 0.1) is 0 Å². The van der Waals surface area contributed by atoms with Crippen LogP contribution in [0.1, 0.15) is 69.6 Å². The summed E-state index contributed by atoms with van der Waals surface area (Å²) in [5, 5.41) is 14.5. The molecule has 1 saturated carbocycles. The molecule has 1 heterocycles. The van der Waals surface area contributed by atoms with Crippen molar-refractivity contribution in [1.82, 2.24) is 5.32 Å². The van der Waals surface area contributed by atoms with E-state index in [1.807, 2.05) is 0 Å². The number of piperidine rings is 1. The fraction of sp³-hybridized carbons (Fsp3) is 0.700. The van der Waals surface area contributed by atoms with E-state index in [0.29, 0.717) is 17.2 Å². The Bertz CT molecular complexity index is 596. The largest absolute Gasteiger partial charge is 0.508 e. The highest BCUT2D eigenvalue weighted by Crippen LogP contribution is 2.55. The van der Waals surface area contributed by atoms with E-state index >= 15 is 0 Å². The van der Waals surface area contributed by atoms with Gasteiger partial charge >= 0.3 is 0 Å². The fourth-order valence-corrected chi connectivity index (χ4v) is 5.57. The van der Waals surface area contributed by atoms with Crippen LogP contribution in [0.15, 0.2) is 12.1 Å². The molecule has 0 spiro atoms. The van der Waals surface area contributed by atoms with Gasteiger partial charge in [-0.15, -0.1) is 0 Å². The van der Waals surface area contributed by atoms with Gasteiger partial charge in [0.15, 0.2) is 0 Å². The van der Waals surface area contributed by atoms with Crippen LogP contribution in [0.3, 0.4) is 0 Å². The number of phenols is 1. The molecule has 3 aliphatic rings. The van der Waals surface area contributed by atoms with Gasteiger partial charge in [-0.05, 0) is 66.3 Å². The molecule has 1 unspecified atom stereocenters. The minimum absolute atomic E-state index is 0.00271. The average molecular weight is 299 g/mol. The van der Waals surface area contributed by atoms with Crippen molar-refractivity contribution >= 4 is 0 Å². The number of rotatable bonds is 0. The van der Waals surface area contributed by atoms with Crippen molar-refractivity contribution in [3.05, 3.63) is 28.8 Å². The second-order valence-electron chi connectivity index (χ2n) is 8.80. The summed E-state index contributed by atoms with van der Waals surface area (Å²) in [6, 6.07) is 5.12. The van der Waals surface area contributed by atoms with Crippen LogP contribution in [0.4, 0.5) is 0 Å². The molecule has 4 rings (SSSR count). The van der Waals surface area contributed by atoms with Crippen LogP contribution in [0, 0.1) is 5.92 Å². The monoisotopic (exact) mass is 299 g/mol. The Morgan fingerprint density at radius 2 is 2.00 bits per heavy atom. The van der Waals surface area contributed by atoms with Crippen LogP contribution in [-0.4, -0.2) is 17.7 Å². The van der Waals surface area contributed by atoms with Crippen LogP contribution in [-0.2, 0) is 17.3 Å². The van der Waals surface area contributed by atoms with Crippen molar-refractivity contribution < 1.29 is 5.11 Å². The Labute approximate surface area is 134 Å². The molecule has 0 aromatic heterocycles. The van der Waals surface area contributed by atoms with Crippen molar-refractivity contribution in [2.45, 2.75) is 76.2 Å². The van der Waals surface area contributed by atoms with Gasteiger partial charge in [0, 0.05) is 11.5 Å². The van der Waals surface area contributed by atoms with Crippen molar-refractivity contribution in [1.29, 1.82) is 0 Å². The number of fused-ring (bicyclic) bond motifs is 1. The second-order valence-corrected chi connectivity index (χ2v) is 8.80. The predicted octanol–water partition coefficient (Wildman–Crippen LogP) is 4.04. The molecule has 0 radical (unpaired) electrons. The summed E-state index contributed by atoms with van der Waals surface area (Å²) in [6.45, 7) is 7.72. The third-order valence-electron chi connectivity index (χ3n) is 6.57. The Balaban J connectivity index is 1.89. The normalized spacial score (nSPS) is 34.0. The van der Waals surface area contributed by atoms with Crippen molar-refractivity contribution in [2.75, 3.05) is 6.54 Å². The molecule has 2 heteroatoms. The molecule has 22 heavy (non-hydrogen) atoms. The van der Waals surface area contributed by atoms with Crippen LogP contribution in [0.2, 0.25) is 0 Å². The lowest BCUT2D eigenvalue weighted by atomic mass is 9.52. The van der Waals surface area contributed by atoms with E-state index in [1.165, 1.54) is 43.2 Å². The first-order valence-electron chi connectivity index (χ1n) is 9.02. The number of phenolic OH excluding ortho intramolecular Hbond substituents is 1. The highest BCUT2D eigenvalue weighted by atomic mass is 16.3. The van der Waals surface area contributed by atoms with E-state index in [1.54, 1.807) is 0 Å². The summed E-state index contributed by atoms with van der Waals surface area (Å²) in [4.78, 5) is 0. The van der Waals surface area contributed by atoms with Crippen LogP contribution in [0.5, 0.6) is 5.75 Å². The molecule has 2 fully saturated rings. The van der Waals surface area contributed by atoms with Gasteiger partial charge in [-0.25, -0.2) is 0 Å². The topological polar surface area (TPSA) is 32.3 Å². The van der Waals surface area contributed by atoms with Gasteiger partial charge in [0.1, 0.15) is 5.75 Å². The highest BCUT2D eigenvalue weighted by molar-refractivity contribution is 5.51. The molecule has 2 N–H and O–H groups in total. The summed E-state index contributed by atoms with van der Waals surface area (Å²) in [5.74, 6) is 1.30. The Hall–Kier alpha value is -1.02. The van der Waals surface area contributed by atoms with Gasteiger partial charge < -0.3 is 10.4 Å². The van der Waals surface area contributed by atoms with Gasteiger partial charge in [0.2, 0.25) is 0 Å². The quantitative estimate of drug-likeness (QED) is 0.758. The second kappa shape index (κ2) is 4.74. The van der Waals surface area contributed by atoms with Gasteiger partial charge in [-0.1, -0.05) is 39.7 Å². The lowest BCUT2D eigenvalue weighted by Gasteiger charge is -2.56. The first kappa shape index (κ1) is 14.6. The minimum atomic E-state index is 0.00271. The smallest absolute Gasteiger partial charge is 0.119 e. The Kier molecular flexibility index (Phi) is 3.14. The van der Waals surface area contributed by atoms with E-state index in [4.69, 9.17) is 0 Å². The molecule has 120 valence electrons. The van der Waals surface area contributed by atoms with Crippen LogP contribution in [0.25, 0.3) is 0 Å². The predicted molar refractivity (Wildman–Crippen MR) is 90.6 cm³/mol. The van der Waals surface area contributed by atoms with E-state index in [-0.39, 0.29) is 5.41 Å². The van der Waals surface area contributed by atoms with E-state index < -0.39 is 0 Å². The Morgan fingerprint density at radius 3 is 2.77 bits per heavy atom. The zero-order chi connectivity index (χ0) is 15.5. The SMILES string of the molecule is CC(C)(C)c1cc2c(cc1O)[C@]13CCCCC1[C@H](C2)NCC3. The van der Waals surface area contributed by atoms with Gasteiger partial charge in [-0.3, -0.25) is 0 Å². The maximum absolute atomic E-state index is 10.7. The first-order valence-corrected chi connectivity index (χ1v) is 9.02. The molecule has 2 bridgehead atoms. The standard InChI is InChI=1S/C20H29NO/c1-19(2,3)16-10-13-11-17-14-6-4-5-7-20(14,8-9-21-17)15(13)12-18(16)22/h10,12,14,17,21-22H,4-9,11H2,1-3H3/t14?,17-,20-/m0/s1. The molecule has 1 aromatic carbocycles.